The Balaban J connectivity index is 1.83. The molecular weight excluding hydrogens is 377 g/mol. The van der Waals surface area contributed by atoms with Crippen LogP contribution >= 0.6 is 0 Å². The Labute approximate surface area is 163 Å². The molecule has 29 heavy (non-hydrogen) atoms. The molecule has 1 aliphatic rings. The highest BCUT2D eigenvalue weighted by Crippen LogP contribution is 2.41. The van der Waals surface area contributed by atoms with Crippen molar-refractivity contribution in [2.75, 3.05) is 12.4 Å². The zero-order valence-corrected chi connectivity index (χ0v) is 15.1. The number of benzene rings is 2. The van der Waals surface area contributed by atoms with Gasteiger partial charge in [0.1, 0.15) is 23.3 Å². The van der Waals surface area contributed by atoms with E-state index in [1.807, 2.05) is 12.1 Å². The number of rotatable bonds is 3. The highest BCUT2D eigenvalue weighted by atomic mass is 19.1. The minimum atomic E-state index is -0.784. The van der Waals surface area contributed by atoms with Gasteiger partial charge in [0.15, 0.2) is 0 Å². The largest absolute Gasteiger partial charge is 0.497 e. The molecule has 1 atom stereocenters. The molecule has 0 saturated carbocycles. The Kier molecular flexibility index (Phi) is 3.83. The topological polar surface area (TPSA) is 111 Å². The third kappa shape index (κ3) is 2.64. The maximum atomic E-state index is 14.8. The third-order valence-corrected chi connectivity index (χ3v) is 4.81. The van der Waals surface area contributed by atoms with E-state index < -0.39 is 17.4 Å². The van der Waals surface area contributed by atoms with Crippen molar-refractivity contribution in [1.29, 1.82) is 0 Å². The van der Waals surface area contributed by atoms with Gasteiger partial charge in [0, 0.05) is 16.7 Å². The summed E-state index contributed by atoms with van der Waals surface area (Å²) < 4.78 is 21.5. The molecule has 2 aromatic heterocycles. The average molecular weight is 391 g/mol. The number of hydrogen-bond acceptors (Lipinski definition) is 7. The van der Waals surface area contributed by atoms with E-state index in [2.05, 4.69) is 31.0 Å². The number of halogens is 1. The Bertz CT molecular complexity index is 1280. The lowest BCUT2D eigenvalue weighted by atomic mass is 9.92. The molecule has 3 heterocycles. The van der Waals surface area contributed by atoms with Crippen molar-refractivity contribution in [2.45, 2.75) is 6.04 Å². The molecule has 0 spiro atoms. The lowest BCUT2D eigenvalue weighted by molar-refractivity contribution is 0.415. The summed E-state index contributed by atoms with van der Waals surface area (Å²) in [4.78, 5) is 12.6. The molecule has 0 radical (unpaired) electrons. The smallest absolute Gasteiger partial charge is 0.288 e. The minimum absolute atomic E-state index is 0.216. The molecule has 0 bridgehead atoms. The maximum absolute atomic E-state index is 14.8. The van der Waals surface area contributed by atoms with Crippen LogP contribution in [0, 0.1) is 5.82 Å². The summed E-state index contributed by atoms with van der Waals surface area (Å²) in [6.45, 7) is 0. The standard InChI is InChI=1S/C19H14FN7O2/c1-29-11-6-4-5-10(9-11)15-14-16(18(28)23-22-15)21-19-24-25-26-27(19)17(14)12-7-2-3-8-13(12)20/h2-9,17H,1H3,(H,23,28)(H,21,24,26). The predicted molar refractivity (Wildman–Crippen MR) is 102 cm³/mol. The first kappa shape index (κ1) is 17.0. The quantitative estimate of drug-likeness (QED) is 0.485. The van der Waals surface area contributed by atoms with E-state index in [1.54, 1.807) is 37.4 Å². The van der Waals surface area contributed by atoms with Crippen LogP contribution in [0.1, 0.15) is 17.2 Å². The molecule has 2 aromatic carbocycles. The molecule has 0 amide bonds. The van der Waals surface area contributed by atoms with Crippen molar-refractivity contribution >= 4 is 11.6 Å². The number of ether oxygens (including phenoxy) is 1. The van der Waals surface area contributed by atoms with Crippen LogP contribution < -0.4 is 15.6 Å². The van der Waals surface area contributed by atoms with Crippen LogP contribution in [0.5, 0.6) is 5.75 Å². The average Bonchev–Trinajstić information content (AvgIpc) is 3.22. The summed E-state index contributed by atoms with van der Waals surface area (Å²) in [6, 6.07) is 12.7. The number of fused-ring (bicyclic) bond motifs is 2. The van der Waals surface area contributed by atoms with Crippen molar-refractivity contribution < 1.29 is 9.13 Å². The summed E-state index contributed by atoms with van der Waals surface area (Å²) in [6.07, 6.45) is 0. The maximum Gasteiger partial charge on any atom is 0.288 e. The molecule has 1 aliphatic heterocycles. The van der Waals surface area contributed by atoms with Gasteiger partial charge >= 0.3 is 0 Å². The number of nitrogens with one attached hydrogen (secondary N) is 2. The number of nitrogens with zero attached hydrogens (tertiary/aromatic N) is 5. The number of methoxy groups -OCH3 is 1. The molecule has 10 heteroatoms. The Morgan fingerprint density at radius 3 is 2.86 bits per heavy atom. The first-order chi connectivity index (χ1) is 14.2. The normalized spacial score (nSPS) is 14.6. The van der Waals surface area contributed by atoms with Gasteiger partial charge in [-0.3, -0.25) is 4.79 Å². The van der Waals surface area contributed by atoms with Gasteiger partial charge in [0.25, 0.3) is 5.56 Å². The van der Waals surface area contributed by atoms with Crippen LogP contribution in [0.15, 0.2) is 53.3 Å². The van der Waals surface area contributed by atoms with E-state index in [-0.39, 0.29) is 11.6 Å². The highest BCUT2D eigenvalue weighted by molar-refractivity contribution is 5.76. The minimum Gasteiger partial charge on any atom is -0.497 e. The number of hydrogen-bond donors (Lipinski definition) is 2. The summed E-state index contributed by atoms with van der Waals surface area (Å²) in [5, 5.41) is 21.3. The lowest BCUT2D eigenvalue weighted by Gasteiger charge is -2.28. The number of tetrazole rings is 1. The van der Waals surface area contributed by atoms with Gasteiger partial charge in [-0.1, -0.05) is 35.4 Å². The number of aromatic amines is 1. The molecule has 144 valence electrons. The number of H-pyrrole nitrogens is 1. The summed E-state index contributed by atoms with van der Waals surface area (Å²) >= 11 is 0. The number of aromatic nitrogens is 6. The second-order valence-electron chi connectivity index (χ2n) is 6.42. The van der Waals surface area contributed by atoms with Crippen molar-refractivity contribution in [1.82, 2.24) is 30.4 Å². The fourth-order valence-corrected chi connectivity index (χ4v) is 3.51. The first-order valence-corrected chi connectivity index (χ1v) is 8.73. The predicted octanol–water partition coefficient (Wildman–Crippen LogP) is 2.27. The van der Waals surface area contributed by atoms with Crippen molar-refractivity contribution in [3.8, 4) is 17.0 Å². The molecule has 5 rings (SSSR count). The Morgan fingerprint density at radius 1 is 1.17 bits per heavy atom. The SMILES string of the molecule is COc1cccc(-c2n[nH]c(=O)c3c2C(c2ccccc2F)n2nnnc2N3)c1. The van der Waals surface area contributed by atoms with E-state index >= 15 is 0 Å². The van der Waals surface area contributed by atoms with Gasteiger partial charge in [-0.25, -0.2) is 9.49 Å². The molecular formula is C19H14FN7O2. The molecule has 0 aliphatic carbocycles. The Morgan fingerprint density at radius 2 is 2.03 bits per heavy atom. The van der Waals surface area contributed by atoms with Crippen LogP contribution in [-0.4, -0.2) is 37.5 Å². The van der Waals surface area contributed by atoms with Crippen LogP contribution in [0.2, 0.25) is 0 Å². The van der Waals surface area contributed by atoms with E-state index in [0.717, 1.165) is 0 Å². The van der Waals surface area contributed by atoms with Crippen molar-refractivity contribution in [3.05, 3.63) is 75.8 Å². The second kappa shape index (κ2) is 6.51. The van der Waals surface area contributed by atoms with Crippen molar-refractivity contribution in [3.63, 3.8) is 0 Å². The molecule has 0 saturated heterocycles. The van der Waals surface area contributed by atoms with Crippen LogP contribution in [0.3, 0.4) is 0 Å². The fraction of sp³-hybridized carbons (Fsp3) is 0.105. The van der Waals surface area contributed by atoms with E-state index in [0.29, 0.717) is 28.1 Å². The van der Waals surface area contributed by atoms with Gasteiger partial charge in [0.2, 0.25) is 5.95 Å². The van der Waals surface area contributed by atoms with E-state index in [9.17, 15) is 9.18 Å². The molecule has 1 unspecified atom stereocenters. The van der Waals surface area contributed by atoms with E-state index in [4.69, 9.17) is 4.74 Å². The van der Waals surface area contributed by atoms with Gasteiger partial charge in [-0.15, -0.1) is 0 Å². The van der Waals surface area contributed by atoms with Gasteiger partial charge in [-0.2, -0.15) is 9.78 Å². The first-order valence-electron chi connectivity index (χ1n) is 8.73. The monoisotopic (exact) mass is 391 g/mol. The van der Waals surface area contributed by atoms with Gasteiger partial charge in [0.05, 0.1) is 12.8 Å². The Hall–Kier alpha value is -4.08. The summed E-state index contributed by atoms with van der Waals surface area (Å²) in [5.41, 5.74) is 1.69. The van der Waals surface area contributed by atoms with Crippen LogP contribution in [-0.2, 0) is 0 Å². The van der Waals surface area contributed by atoms with Gasteiger partial charge < -0.3 is 10.1 Å². The van der Waals surface area contributed by atoms with E-state index in [1.165, 1.54) is 10.7 Å². The van der Waals surface area contributed by atoms with Crippen molar-refractivity contribution in [2.24, 2.45) is 0 Å². The second-order valence-corrected chi connectivity index (χ2v) is 6.42. The summed E-state index contributed by atoms with van der Waals surface area (Å²) in [7, 11) is 1.56. The van der Waals surface area contributed by atoms with Gasteiger partial charge in [-0.05, 0) is 28.6 Å². The summed E-state index contributed by atoms with van der Waals surface area (Å²) in [5.74, 6) is 0.418. The van der Waals surface area contributed by atoms with Crippen LogP contribution in [0.25, 0.3) is 11.3 Å². The lowest BCUT2D eigenvalue weighted by Crippen LogP contribution is -2.29. The van der Waals surface area contributed by atoms with Crippen LogP contribution in [0.4, 0.5) is 16.0 Å². The molecule has 4 aromatic rings. The molecule has 0 fully saturated rings. The molecule has 9 nitrogen and oxygen atoms in total. The zero-order valence-electron chi connectivity index (χ0n) is 15.1. The fourth-order valence-electron chi connectivity index (χ4n) is 3.51. The number of anilines is 2. The molecule has 2 N–H and O–H groups in total. The third-order valence-electron chi connectivity index (χ3n) is 4.81. The highest BCUT2D eigenvalue weighted by Gasteiger charge is 2.35. The zero-order chi connectivity index (χ0) is 20.0.